The molecule has 0 spiro atoms. The third-order valence-corrected chi connectivity index (χ3v) is 10.6. The molecule has 6 nitrogen and oxygen atoms in total. The average molecular weight is 801 g/mol. The molecule has 0 amide bonds. The zero-order valence-electron chi connectivity index (χ0n) is 37.9. The maximum Gasteiger partial charge on any atom is 0.306 e. The summed E-state index contributed by atoms with van der Waals surface area (Å²) in [5, 5.41) is 0. The molecular weight excluding hydrogens is 709 g/mol. The maximum absolute atomic E-state index is 12.7. The number of rotatable bonds is 44. The molecule has 0 bridgehead atoms. The van der Waals surface area contributed by atoms with E-state index in [4.69, 9.17) is 14.2 Å². The highest BCUT2D eigenvalue weighted by Gasteiger charge is 2.19. The van der Waals surface area contributed by atoms with Gasteiger partial charge in [0.2, 0.25) is 0 Å². The van der Waals surface area contributed by atoms with Crippen molar-refractivity contribution in [2.45, 2.75) is 258 Å². The monoisotopic (exact) mass is 801 g/mol. The first-order valence-electron chi connectivity index (χ1n) is 24.5. The Morgan fingerprint density at radius 1 is 0.351 bits per heavy atom. The minimum Gasteiger partial charge on any atom is -0.462 e. The number of hydrogen-bond acceptors (Lipinski definition) is 6. The highest BCUT2D eigenvalue weighted by Crippen LogP contribution is 2.14. The van der Waals surface area contributed by atoms with Crippen molar-refractivity contribution < 1.29 is 28.6 Å². The van der Waals surface area contributed by atoms with Gasteiger partial charge in [-0.15, -0.1) is 0 Å². The van der Waals surface area contributed by atoms with Crippen molar-refractivity contribution in [1.29, 1.82) is 0 Å². The number of carbonyl (C=O) groups excluding carboxylic acids is 3. The topological polar surface area (TPSA) is 78.9 Å². The van der Waals surface area contributed by atoms with Crippen LogP contribution >= 0.6 is 0 Å². The molecule has 0 fully saturated rings. The van der Waals surface area contributed by atoms with E-state index in [2.05, 4.69) is 57.2 Å². The number of carbonyl (C=O) groups is 3. The van der Waals surface area contributed by atoms with Gasteiger partial charge in [0.25, 0.3) is 0 Å². The number of hydrogen-bond donors (Lipinski definition) is 0. The van der Waals surface area contributed by atoms with Crippen LogP contribution in [0.2, 0.25) is 0 Å². The predicted octanol–water partition coefficient (Wildman–Crippen LogP) is 15.8. The van der Waals surface area contributed by atoms with E-state index in [1.165, 1.54) is 135 Å². The lowest BCUT2D eigenvalue weighted by molar-refractivity contribution is -0.167. The molecule has 0 saturated carbocycles. The summed E-state index contributed by atoms with van der Waals surface area (Å²) in [4.78, 5) is 37.6. The van der Waals surface area contributed by atoms with Crippen molar-refractivity contribution in [3.05, 3.63) is 36.5 Å². The summed E-state index contributed by atoms with van der Waals surface area (Å²) in [5.41, 5.74) is 0. The Morgan fingerprint density at radius 3 is 1.04 bits per heavy atom. The average Bonchev–Trinajstić information content (AvgIpc) is 3.21. The van der Waals surface area contributed by atoms with E-state index in [0.29, 0.717) is 19.3 Å². The molecule has 0 radical (unpaired) electrons. The van der Waals surface area contributed by atoms with E-state index in [1.807, 2.05) is 0 Å². The van der Waals surface area contributed by atoms with Gasteiger partial charge in [0.15, 0.2) is 6.10 Å². The highest BCUT2D eigenvalue weighted by molar-refractivity contribution is 5.71. The summed E-state index contributed by atoms with van der Waals surface area (Å²) in [6, 6.07) is 0. The first kappa shape index (κ1) is 54.6. The van der Waals surface area contributed by atoms with Gasteiger partial charge in [-0.3, -0.25) is 14.4 Å². The van der Waals surface area contributed by atoms with Crippen molar-refractivity contribution in [3.8, 4) is 0 Å². The lowest BCUT2D eigenvalue weighted by atomic mass is 10.1. The molecule has 1 atom stereocenters. The van der Waals surface area contributed by atoms with Crippen molar-refractivity contribution >= 4 is 17.9 Å². The fourth-order valence-corrected chi connectivity index (χ4v) is 6.86. The quantitative estimate of drug-likeness (QED) is 0.0264. The Morgan fingerprint density at radius 2 is 0.649 bits per heavy atom. The van der Waals surface area contributed by atoms with Gasteiger partial charge in [0.1, 0.15) is 13.2 Å². The first-order valence-corrected chi connectivity index (χ1v) is 24.5. The number of esters is 3. The van der Waals surface area contributed by atoms with E-state index in [-0.39, 0.29) is 31.1 Å². The van der Waals surface area contributed by atoms with E-state index in [1.54, 1.807) is 0 Å². The molecule has 0 saturated heterocycles. The molecule has 0 aromatic carbocycles. The lowest BCUT2D eigenvalue weighted by Gasteiger charge is -2.18. The summed E-state index contributed by atoms with van der Waals surface area (Å²) in [5.74, 6) is -0.892. The molecular formula is C51H92O6. The number of unbranched alkanes of at least 4 members (excludes halogenated alkanes) is 27. The minimum absolute atomic E-state index is 0.0756. The standard InChI is InChI=1S/C51H92O6/c1-4-7-10-13-16-18-20-21-22-23-24-25-26-27-28-29-31-32-35-38-41-44-50(53)56-47-48(46-55-49(52)43-40-37-34-15-12-9-6-3)57-51(54)45-42-39-36-33-30-19-17-14-11-8-5-2/h14,17,20-21,23-24,48H,4-13,15-16,18-19,22,25-47H2,1-3H3/b17-14-,21-20-,24-23-. The molecule has 0 heterocycles. The number of ether oxygens (including phenoxy) is 3. The molecule has 57 heavy (non-hydrogen) atoms. The maximum atomic E-state index is 12.7. The van der Waals surface area contributed by atoms with Crippen LogP contribution in [-0.4, -0.2) is 37.2 Å². The molecule has 0 N–H and O–H groups in total. The predicted molar refractivity (Wildman–Crippen MR) is 242 cm³/mol. The van der Waals surface area contributed by atoms with Crippen LogP contribution in [0.1, 0.15) is 252 Å². The van der Waals surface area contributed by atoms with Gasteiger partial charge in [-0.25, -0.2) is 0 Å². The Bertz CT molecular complexity index is 969. The minimum atomic E-state index is -0.771. The zero-order valence-corrected chi connectivity index (χ0v) is 37.9. The summed E-state index contributed by atoms with van der Waals surface area (Å²) in [6.45, 7) is 6.54. The fourth-order valence-electron chi connectivity index (χ4n) is 6.86. The largest absolute Gasteiger partial charge is 0.462 e. The summed E-state index contributed by atoms with van der Waals surface area (Å²) in [7, 11) is 0. The smallest absolute Gasteiger partial charge is 0.306 e. The molecule has 0 rings (SSSR count). The van der Waals surface area contributed by atoms with Gasteiger partial charge in [0, 0.05) is 19.3 Å². The van der Waals surface area contributed by atoms with Gasteiger partial charge in [-0.05, 0) is 70.6 Å². The van der Waals surface area contributed by atoms with Crippen LogP contribution in [0.4, 0.5) is 0 Å². The molecule has 1 unspecified atom stereocenters. The molecule has 0 aromatic rings. The molecule has 0 aliphatic heterocycles. The van der Waals surface area contributed by atoms with Gasteiger partial charge < -0.3 is 14.2 Å². The third-order valence-electron chi connectivity index (χ3n) is 10.6. The molecule has 0 aliphatic carbocycles. The zero-order chi connectivity index (χ0) is 41.5. The summed E-state index contributed by atoms with van der Waals surface area (Å²) < 4.78 is 16.7. The molecule has 0 aromatic heterocycles. The van der Waals surface area contributed by atoms with E-state index < -0.39 is 6.10 Å². The first-order chi connectivity index (χ1) is 28.0. The normalized spacial score (nSPS) is 12.3. The summed E-state index contributed by atoms with van der Waals surface area (Å²) >= 11 is 0. The van der Waals surface area contributed by atoms with E-state index in [0.717, 1.165) is 77.0 Å². The highest BCUT2D eigenvalue weighted by atomic mass is 16.6. The second-order valence-corrected chi connectivity index (χ2v) is 16.4. The van der Waals surface area contributed by atoms with Crippen LogP contribution in [0.15, 0.2) is 36.5 Å². The van der Waals surface area contributed by atoms with Crippen molar-refractivity contribution in [2.75, 3.05) is 13.2 Å². The number of allylic oxidation sites excluding steroid dienone is 6. The SMILES string of the molecule is CCCC/C=C\CCCCCCCC(=O)OC(COC(=O)CCCCCCCCC)COC(=O)CCCCCCCCCCC/C=C\C/C=C\CCCCCCC. The van der Waals surface area contributed by atoms with Crippen LogP contribution in [0.3, 0.4) is 0 Å². The van der Waals surface area contributed by atoms with Gasteiger partial charge >= 0.3 is 17.9 Å². The van der Waals surface area contributed by atoms with Gasteiger partial charge in [-0.1, -0.05) is 198 Å². The van der Waals surface area contributed by atoms with Crippen LogP contribution in [0.5, 0.6) is 0 Å². The third kappa shape index (κ3) is 44.6. The Balaban J connectivity index is 4.19. The van der Waals surface area contributed by atoms with Crippen LogP contribution < -0.4 is 0 Å². The second kappa shape index (κ2) is 46.3. The van der Waals surface area contributed by atoms with Crippen LogP contribution in [-0.2, 0) is 28.6 Å². The lowest BCUT2D eigenvalue weighted by Crippen LogP contribution is -2.30. The van der Waals surface area contributed by atoms with Crippen molar-refractivity contribution in [1.82, 2.24) is 0 Å². The fraction of sp³-hybridized carbons (Fsp3) is 0.824. The molecule has 6 heteroatoms. The molecule has 332 valence electrons. The van der Waals surface area contributed by atoms with Crippen LogP contribution in [0.25, 0.3) is 0 Å². The Labute approximate surface area is 353 Å². The van der Waals surface area contributed by atoms with Crippen molar-refractivity contribution in [2.24, 2.45) is 0 Å². The Kier molecular flexibility index (Phi) is 44.4. The second-order valence-electron chi connectivity index (χ2n) is 16.4. The molecule has 0 aliphatic rings. The van der Waals surface area contributed by atoms with Gasteiger partial charge in [-0.2, -0.15) is 0 Å². The van der Waals surface area contributed by atoms with Gasteiger partial charge in [0.05, 0.1) is 0 Å². The Hall–Kier alpha value is -2.37. The summed E-state index contributed by atoms with van der Waals surface area (Å²) in [6.07, 6.45) is 52.9. The van der Waals surface area contributed by atoms with E-state index in [9.17, 15) is 14.4 Å². The van der Waals surface area contributed by atoms with Crippen LogP contribution in [0, 0.1) is 0 Å². The van der Waals surface area contributed by atoms with E-state index >= 15 is 0 Å². The van der Waals surface area contributed by atoms with Crippen molar-refractivity contribution in [3.63, 3.8) is 0 Å².